The minimum Gasteiger partial charge on any atom is -0.497 e. The van der Waals surface area contributed by atoms with Gasteiger partial charge in [0.2, 0.25) is 0 Å². The van der Waals surface area contributed by atoms with Crippen LogP contribution in [0.2, 0.25) is 0 Å². The van der Waals surface area contributed by atoms with Crippen LogP contribution in [0.25, 0.3) is 0 Å². The third kappa shape index (κ3) is 3.86. The molecule has 0 amide bonds. The highest BCUT2D eigenvalue weighted by molar-refractivity contribution is 9.09. The molecule has 1 aliphatic rings. The standard InChI is InChI=1S/C15H21BrO3/c1-17-12-5-7-13(15(10-12)18-2)14(16)8-6-11-4-3-9-19-11/h5,7,10-11,14H,3-4,6,8-9H2,1-2H3. The quantitative estimate of drug-likeness (QED) is 0.736. The number of rotatable bonds is 6. The van der Waals surface area contributed by atoms with Crippen LogP contribution in [0.1, 0.15) is 36.1 Å². The van der Waals surface area contributed by atoms with Crippen LogP contribution in [0, 0.1) is 0 Å². The Bertz CT molecular complexity index is 402. The van der Waals surface area contributed by atoms with Crippen LogP contribution in [-0.4, -0.2) is 26.9 Å². The first-order valence-corrected chi connectivity index (χ1v) is 7.63. The Morgan fingerprint density at radius 3 is 2.84 bits per heavy atom. The summed E-state index contributed by atoms with van der Waals surface area (Å²) < 4.78 is 16.3. The van der Waals surface area contributed by atoms with Crippen LogP contribution in [0.5, 0.6) is 11.5 Å². The second kappa shape index (κ2) is 7.15. The molecule has 0 aliphatic carbocycles. The van der Waals surface area contributed by atoms with E-state index in [0.29, 0.717) is 6.10 Å². The van der Waals surface area contributed by atoms with Crippen LogP contribution in [0.15, 0.2) is 18.2 Å². The van der Waals surface area contributed by atoms with Gasteiger partial charge in [0.1, 0.15) is 11.5 Å². The van der Waals surface area contributed by atoms with Gasteiger partial charge < -0.3 is 14.2 Å². The monoisotopic (exact) mass is 328 g/mol. The Labute approximate surface area is 123 Å². The Kier molecular flexibility index (Phi) is 5.52. The van der Waals surface area contributed by atoms with Gasteiger partial charge in [-0.05, 0) is 31.7 Å². The zero-order chi connectivity index (χ0) is 13.7. The summed E-state index contributed by atoms with van der Waals surface area (Å²) in [6, 6.07) is 5.96. The second-order valence-electron chi connectivity index (χ2n) is 4.79. The van der Waals surface area contributed by atoms with Gasteiger partial charge in [0, 0.05) is 23.1 Å². The minimum absolute atomic E-state index is 0.289. The summed E-state index contributed by atoms with van der Waals surface area (Å²) in [6.07, 6.45) is 4.96. The highest BCUT2D eigenvalue weighted by atomic mass is 79.9. The molecule has 2 atom stereocenters. The van der Waals surface area contributed by atoms with E-state index in [1.54, 1.807) is 14.2 Å². The van der Waals surface area contributed by atoms with Crippen molar-refractivity contribution in [3.8, 4) is 11.5 Å². The Balaban J connectivity index is 1.98. The molecule has 2 unspecified atom stereocenters. The zero-order valence-electron chi connectivity index (χ0n) is 11.5. The van der Waals surface area contributed by atoms with Gasteiger partial charge in [0.15, 0.2) is 0 Å². The first-order valence-electron chi connectivity index (χ1n) is 6.72. The van der Waals surface area contributed by atoms with Gasteiger partial charge in [-0.1, -0.05) is 22.0 Å². The molecule has 106 valence electrons. The molecule has 0 saturated carbocycles. The lowest BCUT2D eigenvalue weighted by Gasteiger charge is -2.17. The summed E-state index contributed by atoms with van der Waals surface area (Å²) in [4.78, 5) is 0.289. The molecule has 1 heterocycles. The first-order chi connectivity index (χ1) is 9.24. The molecule has 4 heteroatoms. The molecular weight excluding hydrogens is 308 g/mol. The summed E-state index contributed by atoms with van der Waals surface area (Å²) in [5, 5.41) is 0. The van der Waals surface area contributed by atoms with E-state index >= 15 is 0 Å². The van der Waals surface area contributed by atoms with Crippen molar-refractivity contribution in [3.05, 3.63) is 23.8 Å². The van der Waals surface area contributed by atoms with Gasteiger partial charge in [-0.3, -0.25) is 0 Å². The molecule has 0 spiro atoms. The fourth-order valence-corrected chi connectivity index (χ4v) is 3.08. The smallest absolute Gasteiger partial charge is 0.126 e. The third-order valence-corrected chi connectivity index (χ3v) is 4.50. The van der Waals surface area contributed by atoms with E-state index in [9.17, 15) is 0 Å². The van der Waals surface area contributed by atoms with E-state index in [4.69, 9.17) is 14.2 Å². The van der Waals surface area contributed by atoms with Gasteiger partial charge >= 0.3 is 0 Å². The molecule has 1 saturated heterocycles. The molecule has 1 fully saturated rings. The molecule has 19 heavy (non-hydrogen) atoms. The van der Waals surface area contributed by atoms with Crippen LogP contribution in [-0.2, 0) is 4.74 Å². The van der Waals surface area contributed by atoms with Crippen molar-refractivity contribution in [2.75, 3.05) is 20.8 Å². The Morgan fingerprint density at radius 2 is 2.21 bits per heavy atom. The van der Waals surface area contributed by atoms with Gasteiger partial charge in [-0.2, -0.15) is 0 Å². The molecule has 0 radical (unpaired) electrons. The summed E-state index contributed by atoms with van der Waals surface area (Å²) >= 11 is 3.76. The average Bonchev–Trinajstić information content (AvgIpc) is 2.97. The van der Waals surface area contributed by atoms with Gasteiger partial charge in [-0.25, -0.2) is 0 Å². The average molecular weight is 329 g/mol. The number of hydrogen-bond acceptors (Lipinski definition) is 3. The van der Waals surface area contributed by atoms with Gasteiger partial charge in [-0.15, -0.1) is 0 Å². The number of methoxy groups -OCH3 is 2. The van der Waals surface area contributed by atoms with Crippen molar-refractivity contribution in [1.82, 2.24) is 0 Å². The summed E-state index contributed by atoms with van der Waals surface area (Å²) in [7, 11) is 3.36. The van der Waals surface area contributed by atoms with Crippen LogP contribution >= 0.6 is 15.9 Å². The van der Waals surface area contributed by atoms with Crippen molar-refractivity contribution < 1.29 is 14.2 Å². The number of hydrogen-bond donors (Lipinski definition) is 0. The lowest BCUT2D eigenvalue weighted by molar-refractivity contribution is 0.102. The molecule has 0 N–H and O–H groups in total. The normalized spacial score (nSPS) is 20.3. The van der Waals surface area contributed by atoms with E-state index < -0.39 is 0 Å². The summed E-state index contributed by atoms with van der Waals surface area (Å²) in [5.41, 5.74) is 1.17. The molecule has 1 aromatic carbocycles. The Hall–Kier alpha value is -0.740. The van der Waals surface area contributed by atoms with Gasteiger partial charge in [0.05, 0.1) is 20.3 Å². The van der Waals surface area contributed by atoms with Crippen molar-refractivity contribution in [2.45, 2.75) is 36.6 Å². The lowest BCUT2D eigenvalue weighted by Crippen LogP contribution is -2.06. The number of halogens is 1. The molecule has 3 nitrogen and oxygen atoms in total. The van der Waals surface area contributed by atoms with Crippen molar-refractivity contribution in [2.24, 2.45) is 0 Å². The van der Waals surface area contributed by atoms with E-state index in [2.05, 4.69) is 22.0 Å². The van der Waals surface area contributed by atoms with Gasteiger partial charge in [0.25, 0.3) is 0 Å². The largest absolute Gasteiger partial charge is 0.497 e. The molecule has 2 rings (SSSR count). The van der Waals surface area contributed by atoms with E-state index in [1.165, 1.54) is 18.4 Å². The highest BCUT2D eigenvalue weighted by Crippen LogP contribution is 2.37. The predicted octanol–water partition coefficient (Wildman–Crippen LogP) is 4.10. The van der Waals surface area contributed by atoms with Crippen molar-refractivity contribution in [1.29, 1.82) is 0 Å². The van der Waals surface area contributed by atoms with E-state index in [1.807, 2.05) is 12.1 Å². The second-order valence-corrected chi connectivity index (χ2v) is 5.89. The SMILES string of the molecule is COc1ccc(C(Br)CCC2CCCO2)c(OC)c1. The first kappa shape index (κ1) is 14.7. The topological polar surface area (TPSA) is 27.7 Å². The maximum absolute atomic E-state index is 5.66. The minimum atomic E-state index is 0.289. The molecule has 0 bridgehead atoms. The molecular formula is C15H21BrO3. The lowest BCUT2D eigenvalue weighted by atomic mass is 10.0. The maximum Gasteiger partial charge on any atom is 0.126 e. The van der Waals surface area contributed by atoms with Crippen molar-refractivity contribution in [3.63, 3.8) is 0 Å². The van der Waals surface area contributed by atoms with Crippen LogP contribution in [0.4, 0.5) is 0 Å². The maximum atomic E-state index is 5.66. The Morgan fingerprint density at radius 1 is 1.37 bits per heavy atom. The predicted molar refractivity (Wildman–Crippen MR) is 79.4 cm³/mol. The molecule has 1 aromatic rings. The number of alkyl halides is 1. The fraction of sp³-hybridized carbons (Fsp3) is 0.600. The molecule has 1 aliphatic heterocycles. The zero-order valence-corrected chi connectivity index (χ0v) is 13.1. The van der Waals surface area contributed by atoms with Crippen LogP contribution in [0.3, 0.4) is 0 Å². The number of ether oxygens (including phenoxy) is 3. The van der Waals surface area contributed by atoms with Crippen molar-refractivity contribution >= 4 is 15.9 Å². The van der Waals surface area contributed by atoms with E-state index in [-0.39, 0.29) is 4.83 Å². The van der Waals surface area contributed by atoms with E-state index in [0.717, 1.165) is 30.9 Å². The highest BCUT2D eigenvalue weighted by Gasteiger charge is 2.19. The summed E-state index contributed by atoms with van der Waals surface area (Å²) in [5.74, 6) is 1.69. The number of benzene rings is 1. The third-order valence-electron chi connectivity index (χ3n) is 3.54. The van der Waals surface area contributed by atoms with Crippen LogP contribution < -0.4 is 9.47 Å². The fourth-order valence-electron chi connectivity index (χ4n) is 2.44. The summed E-state index contributed by atoms with van der Waals surface area (Å²) in [6.45, 7) is 0.920. The molecule has 0 aromatic heterocycles.